The molecule has 0 bridgehead atoms. The van der Waals surface area contributed by atoms with Gasteiger partial charge in [-0.25, -0.2) is 4.79 Å². The van der Waals surface area contributed by atoms with Crippen LogP contribution in [0.25, 0.3) is 11.1 Å². The number of hydrogen-bond acceptors (Lipinski definition) is 3. The molecule has 6 heteroatoms. The number of nitrogens with one attached hydrogen (secondary N) is 1. The maximum absolute atomic E-state index is 12.5. The molecule has 0 aromatic heterocycles. The number of carbonyl (C=O) groups is 3. The van der Waals surface area contributed by atoms with Crippen LogP contribution in [0.5, 0.6) is 0 Å². The molecule has 5 rings (SSSR count). The number of benzene rings is 2. The van der Waals surface area contributed by atoms with E-state index in [1.807, 2.05) is 17.0 Å². The Labute approximate surface area is 169 Å². The molecular formula is C23H23N3O3. The Bertz CT molecular complexity index is 1030. The zero-order valence-electron chi connectivity index (χ0n) is 16.4. The Hall–Kier alpha value is -3.15. The van der Waals surface area contributed by atoms with Crippen molar-refractivity contribution in [3.8, 4) is 11.1 Å². The highest BCUT2D eigenvalue weighted by molar-refractivity contribution is 6.02. The van der Waals surface area contributed by atoms with Crippen LogP contribution in [0, 0.1) is 6.92 Å². The molecule has 0 unspecified atom stereocenters. The molecule has 6 nitrogen and oxygen atoms in total. The third kappa shape index (κ3) is 3.18. The van der Waals surface area contributed by atoms with E-state index in [1.165, 1.54) is 4.90 Å². The molecule has 2 heterocycles. The molecular weight excluding hydrogens is 366 g/mol. The van der Waals surface area contributed by atoms with E-state index < -0.39 is 0 Å². The molecule has 0 spiro atoms. The van der Waals surface area contributed by atoms with Crippen molar-refractivity contribution in [1.82, 2.24) is 15.1 Å². The van der Waals surface area contributed by atoms with Crippen molar-refractivity contribution in [2.24, 2.45) is 0 Å². The lowest BCUT2D eigenvalue weighted by molar-refractivity contribution is -0.124. The smallest absolute Gasteiger partial charge is 0.324 e. The molecule has 0 atom stereocenters. The summed E-state index contributed by atoms with van der Waals surface area (Å²) in [5.41, 5.74) is 6.44. The minimum atomic E-state index is -0.309. The number of urea groups is 1. The summed E-state index contributed by atoms with van der Waals surface area (Å²) in [6, 6.07) is 12.5. The highest BCUT2D eigenvalue weighted by atomic mass is 16.2. The van der Waals surface area contributed by atoms with Crippen LogP contribution in [0.4, 0.5) is 4.79 Å². The van der Waals surface area contributed by atoms with Gasteiger partial charge in [0.25, 0.3) is 5.91 Å². The first-order chi connectivity index (χ1) is 14.0. The van der Waals surface area contributed by atoms with E-state index in [2.05, 4.69) is 36.5 Å². The van der Waals surface area contributed by atoms with E-state index >= 15 is 0 Å². The van der Waals surface area contributed by atoms with Gasteiger partial charge < -0.3 is 10.2 Å². The average molecular weight is 389 g/mol. The van der Waals surface area contributed by atoms with Crippen LogP contribution in [0.1, 0.15) is 39.9 Å². The van der Waals surface area contributed by atoms with Crippen molar-refractivity contribution in [2.75, 3.05) is 13.1 Å². The monoisotopic (exact) mass is 389 g/mol. The van der Waals surface area contributed by atoms with Gasteiger partial charge in [-0.1, -0.05) is 24.3 Å². The molecule has 4 amide bonds. The van der Waals surface area contributed by atoms with Crippen LogP contribution in [0.2, 0.25) is 0 Å². The summed E-state index contributed by atoms with van der Waals surface area (Å²) >= 11 is 0. The van der Waals surface area contributed by atoms with Crippen molar-refractivity contribution in [1.29, 1.82) is 0 Å². The van der Waals surface area contributed by atoms with Gasteiger partial charge in [-0.3, -0.25) is 14.5 Å². The number of rotatable bonds is 5. The first kappa shape index (κ1) is 17.9. The van der Waals surface area contributed by atoms with Gasteiger partial charge in [-0.05, 0) is 66.1 Å². The number of fused-ring (bicyclic) bond motifs is 1. The molecule has 29 heavy (non-hydrogen) atoms. The minimum Gasteiger partial charge on any atom is -0.331 e. The number of nitrogens with zero attached hydrogens (tertiary/aromatic N) is 2. The van der Waals surface area contributed by atoms with Gasteiger partial charge in [-0.2, -0.15) is 0 Å². The average Bonchev–Trinajstić information content (AvgIpc) is 3.43. The van der Waals surface area contributed by atoms with Gasteiger partial charge in [0.2, 0.25) is 5.91 Å². The van der Waals surface area contributed by atoms with Gasteiger partial charge in [0.05, 0.1) is 6.54 Å². The number of hydrogen-bond donors (Lipinski definition) is 1. The Balaban J connectivity index is 1.33. The molecule has 148 valence electrons. The molecule has 2 aromatic rings. The number of amides is 4. The quantitative estimate of drug-likeness (QED) is 0.800. The fourth-order valence-electron chi connectivity index (χ4n) is 4.32. The lowest BCUT2D eigenvalue weighted by Gasteiger charge is -2.14. The van der Waals surface area contributed by atoms with Gasteiger partial charge >= 0.3 is 6.03 Å². The maximum Gasteiger partial charge on any atom is 0.324 e. The van der Waals surface area contributed by atoms with Crippen molar-refractivity contribution < 1.29 is 14.4 Å². The van der Waals surface area contributed by atoms with Gasteiger partial charge in [-0.15, -0.1) is 0 Å². The van der Waals surface area contributed by atoms with Crippen molar-refractivity contribution in [3.63, 3.8) is 0 Å². The topological polar surface area (TPSA) is 69.7 Å². The first-order valence-electron chi connectivity index (χ1n) is 10.1. The minimum absolute atomic E-state index is 0.0931. The van der Waals surface area contributed by atoms with Crippen molar-refractivity contribution >= 4 is 17.8 Å². The maximum atomic E-state index is 12.5. The van der Waals surface area contributed by atoms with Gasteiger partial charge in [0, 0.05) is 24.7 Å². The largest absolute Gasteiger partial charge is 0.331 e. The fourth-order valence-corrected chi connectivity index (χ4v) is 4.32. The Morgan fingerprint density at radius 3 is 2.52 bits per heavy atom. The molecule has 1 aliphatic carbocycles. The summed E-state index contributed by atoms with van der Waals surface area (Å²) in [5.74, 6) is -0.00196. The van der Waals surface area contributed by atoms with E-state index in [1.54, 1.807) is 0 Å². The van der Waals surface area contributed by atoms with E-state index in [-0.39, 0.29) is 24.4 Å². The van der Waals surface area contributed by atoms with Crippen molar-refractivity contribution in [3.05, 3.63) is 58.7 Å². The fraction of sp³-hybridized carbons (Fsp3) is 0.348. The van der Waals surface area contributed by atoms with E-state index in [0.29, 0.717) is 19.0 Å². The molecule has 1 N–H and O–H groups in total. The summed E-state index contributed by atoms with van der Waals surface area (Å²) in [6.45, 7) is 3.27. The summed E-state index contributed by atoms with van der Waals surface area (Å²) in [7, 11) is 0. The summed E-state index contributed by atoms with van der Waals surface area (Å²) in [5, 5.41) is 2.55. The standard InChI is InChI=1S/C23H23N3O3/c1-14-10-15(8-9-25-21(27)12-24-23(25)29)2-6-19(14)16-3-7-20-17(11-16)13-26(22(20)28)18-4-5-18/h2-3,6-7,10-11,18H,4-5,8-9,12-13H2,1H3,(H,24,29). The summed E-state index contributed by atoms with van der Waals surface area (Å²) < 4.78 is 0. The predicted molar refractivity (Wildman–Crippen MR) is 108 cm³/mol. The zero-order valence-corrected chi connectivity index (χ0v) is 16.4. The van der Waals surface area contributed by atoms with E-state index in [4.69, 9.17) is 0 Å². The van der Waals surface area contributed by atoms with Gasteiger partial charge in [0.1, 0.15) is 0 Å². The lowest BCUT2D eigenvalue weighted by atomic mass is 9.95. The predicted octanol–water partition coefficient (Wildman–Crippen LogP) is 2.87. The highest BCUT2D eigenvalue weighted by Crippen LogP contribution is 2.36. The molecule has 1 saturated carbocycles. The Morgan fingerprint density at radius 2 is 1.83 bits per heavy atom. The summed E-state index contributed by atoms with van der Waals surface area (Å²) in [6.07, 6.45) is 2.88. The molecule has 1 saturated heterocycles. The normalized spacial score (nSPS) is 18.4. The lowest BCUT2D eigenvalue weighted by Crippen LogP contribution is -2.32. The third-order valence-corrected chi connectivity index (χ3v) is 6.09. The third-order valence-electron chi connectivity index (χ3n) is 6.09. The molecule has 2 aromatic carbocycles. The van der Waals surface area contributed by atoms with E-state index in [9.17, 15) is 14.4 Å². The Kier molecular flexibility index (Phi) is 4.15. The second-order valence-corrected chi connectivity index (χ2v) is 8.14. The zero-order chi connectivity index (χ0) is 20.1. The van der Waals surface area contributed by atoms with Crippen LogP contribution in [0.15, 0.2) is 36.4 Å². The van der Waals surface area contributed by atoms with E-state index in [0.717, 1.165) is 52.8 Å². The number of carbonyl (C=O) groups excluding carboxylic acids is 3. The van der Waals surface area contributed by atoms with Crippen LogP contribution in [-0.2, 0) is 17.8 Å². The molecule has 0 radical (unpaired) electrons. The van der Waals surface area contributed by atoms with Crippen LogP contribution >= 0.6 is 0 Å². The second-order valence-electron chi connectivity index (χ2n) is 8.14. The highest BCUT2D eigenvalue weighted by Gasteiger charge is 2.38. The van der Waals surface area contributed by atoms with Gasteiger partial charge in [0.15, 0.2) is 0 Å². The second kappa shape index (κ2) is 6.72. The van der Waals surface area contributed by atoms with Crippen molar-refractivity contribution in [2.45, 2.75) is 38.8 Å². The van der Waals surface area contributed by atoms with Crippen LogP contribution < -0.4 is 5.32 Å². The first-order valence-corrected chi connectivity index (χ1v) is 10.1. The Morgan fingerprint density at radius 1 is 1.03 bits per heavy atom. The molecule has 3 aliphatic rings. The SMILES string of the molecule is Cc1cc(CCN2C(=O)CNC2=O)ccc1-c1ccc2c(c1)CN(C1CC1)C2=O. The summed E-state index contributed by atoms with van der Waals surface area (Å²) in [4.78, 5) is 39.2. The van der Waals surface area contributed by atoms with Crippen LogP contribution in [0.3, 0.4) is 0 Å². The number of aryl methyl sites for hydroxylation is 1. The van der Waals surface area contributed by atoms with Crippen LogP contribution in [-0.4, -0.2) is 46.8 Å². The number of imide groups is 1. The molecule has 2 aliphatic heterocycles. The molecule has 2 fully saturated rings.